The first kappa shape index (κ1) is 21.8. The summed E-state index contributed by atoms with van der Waals surface area (Å²) in [6.07, 6.45) is 0.237. The first-order chi connectivity index (χ1) is 14.9. The third-order valence-corrected chi connectivity index (χ3v) is 4.52. The van der Waals surface area contributed by atoms with Gasteiger partial charge in [0.25, 0.3) is 11.8 Å². The minimum absolute atomic E-state index is 0.237. The van der Waals surface area contributed by atoms with Gasteiger partial charge in [-0.05, 0) is 24.6 Å². The molecule has 0 aliphatic heterocycles. The predicted molar refractivity (Wildman–Crippen MR) is 115 cm³/mol. The fraction of sp³-hybridized carbons (Fsp3) is 0.217. The van der Waals surface area contributed by atoms with Crippen LogP contribution in [0.5, 0.6) is 0 Å². The molecule has 1 unspecified atom stereocenters. The fourth-order valence-electron chi connectivity index (χ4n) is 3.02. The first-order valence-electron chi connectivity index (χ1n) is 9.79. The molecule has 0 aliphatic rings. The average Bonchev–Trinajstić information content (AvgIpc) is 3.09. The molecule has 160 valence electrons. The number of amides is 2. The molecule has 0 radical (unpaired) electrons. The van der Waals surface area contributed by atoms with Crippen molar-refractivity contribution in [2.45, 2.75) is 19.4 Å². The molecule has 3 aromatic rings. The van der Waals surface area contributed by atoms with E-state index in [9.17, 15) is 14.4 Å². The number of hydrogen-bond acceptors (Lipinski definition) is 5. The number of anilines is 1. The van der Waals surface area contributed by atoms with Crippen LogP contribution in [-0.2, 0) is 27.8 Å². The number of nitrogens with one attached hydrogen (secondary N) is 2. The molecule has 1 heterocycles. The second-order valence-electron chi connectivity index (χ2n) is 7.03. The van der Waals surface area contributed by atoms with Crippen LogP contribution < -0.4 is 10.6 Å². The van der Waals surface area contributed by atoms with E-state index >= 15 is 0 Å². The van der Waals surface area contributed by atoms with Crippen LogP contribution in [0.4, 0.5) is 5.82 Å². The van der Waals surface area contributed by atoms with Gasteiger partial charge in [0, 0.05) is 25.1 Å². The summed E-state index contributed by atoms with van der Waals surface area (Å²) in [6.45, 7) is 1.33. The fourth-order valence-corrected chi connectivity index (χ4v) is 3.02. The minimum atomic E-state index is -0.943. The van der Waals surface area contributed by atoms with Gasteiger partial charge in [0.15, 0.2) is 6.61 Å². The zero-order valence-electron chi connectivity index (χ0n) is 17.4. The molecule has 3 rings (SSSR count). The molecule has 1 aromatic heterocycles. The maximum atomic E-state index is 12.7. The third-order valence-electron chi connectivity index (χ3n) is 4.52. The van der Waals surface area contributed by atoms with Gasteiger partial charge in [-0.25, -0.2) is 4.79 Å². The van der Waals surface area contributed by atoms with Crippen LogP contribution in [0.1, 0.15) is 21.6 Å². The topological polar surface area (TPSA) is 102 Å². The van der Waals surface area contributed by atoms with Crippen molar-refractivity contribution in [1.29, 1.82) is 0 Å². The van der Waals surface area contributed by atoms with Gasteiger partial charge in [-0.2, -0.15) is 5.10 Å². The number of carbonyl (C=O) groups is 3. The van der Waals surface area contributed by atoms with E-state index in [1.807, 2.05) is 30.3 Å². The van der Waals surface area contributed by atoms with Crippen LogP contribution in [0.25, 0.3) is 0 Å². The summed E-state index contributed by atoms with van der Waals surface area (Å²) in [7, 11) is 1.70. The van der Waals surface area contributed by atoms with Gasteiger partial charge in [-0.3, -0.25) is 14.3 Å². The van der Waals surface area contributed by atoms with Gasteiger partial charge in [-0.1, -0.05) is 48.5 Å². The van der Waals surface area contributed by atoms with E-state index in [4.69, 9.17) is 4.74 Å². The largest absolute Gasteiger partial charge is 0.454 e. The molecule has 0 bridgehead atoms. The lowest BCUT2D eigenvalue weighted by atomic mass is 10.1. The maximum Gasteiger partial charge on any atom is 0.329 e. The van der Waals surface area contributed by atoms with Gasteiger partial charge < -0.3 is 15.4 Å². The van der Waals surface area contributed by atoms with Crippen LogP contribution in [-0.4, -0.2) is 40.2 Å². The van der Waals surface area contributed by atoms with Gasteiger partial charge in [0.05, 0.1) is 5.69 Å². The van der Waals surface area contributed by atoms with E-state index in [0.717, 1.165) is 11.3 Å². The van der Waals surface area contributed by atoms with Crippen molar-refractivity contribution < 1.29 is 19.1 Å². The molecule has 31 heavy (non-hydrogen) atoms. The zero-order chi connectivity index (χ0) is 22.2. The van der Waals surface area contributed by atoms with Gasteiger partial charge in [0.1, 0.15) is 11.9 Å². The molecule has 0 fully saturated rings. The summed E-state index contributed by atoms with van der Waals surface area (Å²) >= 11 is 0. The van der Waals surface area contributed by atoms with Crippen molar-refractivity contribution >= 4 is 23.6 Å². The van der Waals surface area contributed by atoms with Crippen LogP contribution in [0, 0.1) is 6.92 Å². The molecule has 2 aromatic carbocycles. The highest BCUT2D eigenvalue weighted by molar-refractivity contribution is 5.97. The van der Waals surface area contributed by atoms with Crippen LogP contribution in [0.2, 0.25) is 0 Å². The Morgan fingerprint density at radius 2 is 1.68 bits per heavy atom. The molecule has 1 atom stereocenters. The lowest BCUT2D eigenvalue weighted by Crippen LogP contribution is -2.44. The van der Waals surface area contributed by atoms with E-state index in [2.05, 4.69) is 15.7 Å². The molecular weight excluding hydrogens is 396 g/mol. The Labute approximate surface area is 180 Å². The Balaban J connectivity index is 1.64. The van der Waals surface area contributed by atoms with Crippen molar-refractivity contribution in [3.63, 3.8) is 0 Å². The van der Waals surface area contributed by atoms with Crippen molar-refractivity contribution in [3.8, 4) is 0 Å². The lowest BCUT2D eigenvalue weighted by molar-refractivity contribution is -0.149. The number of carbonyl (C=O) groups excluding carboxylic acids is 3. The Kier molecular flexibility index (Phi) is 7.16. The van der Waals surface area contributed by atoms with E-state index in [1.165, 1.54) is 4.68 Å². The number of rotatable bonds is 8. The monoisotopic (exact) mass is 420 g/mol. The highest BCUT2D eigenvalue weighted by atomic mass is 16.5. The third kappa shape index (κ3) is 6.27. The molecule has 8 heteroatoms. The van der Waals surface area contributed by atoms with E-state index in [-0.39, 0.29) is 6.42 Å². The predicted octanol–water partition coefficient (Wildman–Crippen LogP) is 2.25. The van der Waals surface area contributed by atoms with Crippen molar-refractivity contribution in [2.24, 2.45) is 7.05 Å². The Hall–Kier alpha value is -3.94. The second kappa shape index (κ2) is 10.2. The van der Waals surface area contributed by atoms with Crippen LogP contribution in [0.15, 0.2) is 66.7 Å². The standard InChI is InChI=1S/C23H24N4O4/c1-16-13-20(27(2)26-16)25-21(28)15-31-23(30)19(14-17-9-5-3-6-10-17)24-22(29)18-11-7-4-8-12-18/h3-13,19H,14-15H2,1-2H3,(H,24,29)(H,25,28). The highest BCUT2D eigenvalue weighted by Gasteiger charge is 2.24. The Bertz CT molecular complexity index is 1050. The molecule has 0 saturated carbocycles. The van der Waals surface area contributed by atoms with Gasteiger partial charge in [-0.15, -0.1) is 0 Å². The number of aromatic nitrogens is 2. The average molecular weight is 420 g/mol. The molecule has 0 aliphatic carbocycles. The van der Waals surface area contributed by atoms with Crippen LogP contribution in [0.3, 0.4) is 0 Å². The summed E-state index contributed by atoms with van der Waals surface area (Å²) in [5.41, 5.74) is 2.03. The normalized spacial score (nSPS) is 11.4. The summed E-state index contributed by atoms with van der Waals surface area (Å²) < 4.78 is 6.72. The summed E-state index contributed by atoms with van der Waals surface area (Å²) in [5.74, 6) is -1.08. The van der Waals surface area contributed by atoms with Crippen molar-refractivity contribution in [3.05, 3.63) is 83.6 Å². The van der Waals surface area contributed by atoms with Crippen LogP contribution >= 0.6 is 0 Å². The number of ether oxygens (including phenoxy) is 1. The molecular formula is C23H24N4O4. The van der Waals surface area contributed by atoms with E-state index < -0.39 is 30.4 Å². The number of aryl methyl sites for hydroxylation is 2. The smallest absolute Gasteiger partial charge is 0.329 e. The summed E-state index contributed by atoms with van der Waals surface area (Å²) in [5, 5.41) is 9.49. The summed E-state index contributed by atoms with van der Waals surface area (Å²) in [6, 6.07) is 18.6. The minimum Gasteiger partial charge on any atom is -0.454 e. The number of nitrogens with zero attached hydrogens (tertiary/aromatic N) is 2. The number of hydrogen-bond donors (Lipinski definition) is 2. The highest BCUT2D eigenvalue weighted by Crippen LogP contribution is 2.09. The molecule has 8 nitrogen and oxygen atoms in total. The first-order valence-corrected chi connectivity index (χ1v) is 9.79. The number of esters is 1. The SMILES string of the molecule is Cc1cc(NC(=O)COC(=O)C(Cc2ccccc2)NC(=O)c2ccccc2)n(C)n1. The summed E-state index contributed by atoms with van der Waals surface area (Å²) in [4.78, 5) is 37.5. The Morgan fingerprint density at radius 1 is 1.03 bits per heavy atom. The molecule has 2 amide bonds. The van der Waals surface area contributed by atoms with Crippen molar-refractivity contribution in [1.82, 2.24) is 15.1 Å². The molecule has 0 saturated heterocycles. The second-order valence-corrected chi connectivity index (χ2v) is 7.03. The van der Waals surface area contributed by atoms with E-state index in [0.29, 0.717) is 11.4 Å². The van der Waals surface area contributed by atoms with Gasteiger partial charge >= 0.3 is 5.97 Å². The quantitative estimate of drug-likeness (QED) is 0.544. The van der Waals surface area contributed by atoms with Crippen molar-refractivity contribution in [2.75, 3.05) is 11.9 Å². The Morgan fingerprint density at radius 3 is 2.29 bits per heavy atom. The molecule has 0 spiro atoms. The maximum absolute atomic E-state index is 12.7. The lowest BCUT2D eigenvalue weighted by Gasteiger charge is -2.18. The molecule has 2 N–H and O–H groups in total. The number of benzene rings is 2. The van der Waals surface area contributed by atoms with Gasteiger partial charge in [0.2, 0.25) is 0 Å². The zero-order valence-corrected chi connectivity index (χ0v) is 17.4. The van der Waals surface area contributed by atoms with E-state index in [1.54, 1.807) is 50.4 Å².